The minimum absolute atomic E-state index is 0.0995. The number of rotatable bonds is 9. The number of carboxylic acids is 1. The van der Waals surface area contributed by atoms with Gasteiger partial charge in [-0.25, -0.2) is 0 Å². The third-order valence-electron chi connectivity index (χ3n) is 4.17. The molecule has 0 bridgehead atoms. The fraction of sp³-hybridized carbons (Fsp3) is 0.316. The van der Waals surface area contributed by atoms with Gasteiger partial charge in [-0.2, -0.15) is 0 Å². The highest BCUT2D eigenvalue weighted by Crippen LogP contribution is 2.35. The summed E-state index contributed by atoms with van der Waals surface area (Å²) in [6.45, 7) is 0. The van der Waals surface area contributed by atoms with Gasteiger partial charge in [0.15, 0.2) is 0 Å². The van der Waals surface area contributed by atoms with Crippen LogP contribution in [0, 0.1) is 0 Å². The summed E-state index contributed by atoms with van der Waals surface area (Å²) >= 11 is 0. The van der Waals surface area contributed by atoms with Gasteiger partial charge in [0.05, 0.1) is 0 Å². The lowest BCUT2D eigenvalue weighted by Gasteiger charge is -2.12. The van der Waals surface area contributed by atoms with Gasteiger partial charge in [-0.1, -0.05) is 48.5 Å². The fourth-order valence-corrected chi connectivity index (χ4v) is 3.50. The van der Waals surface area contributed by atoms with Crippen molar-refractivity contribution in [1.29, 1.82) is 0 Å². The van der Waals surface area contributed by atoms with E-state index >= 15 is 0 Å². The molecule has 0 aliphatic rings. The Bertz CT molecular complexity index is 802. The summed E-state index contributed by atoms with van der Waals surface area (Å²) in [4.78, 5) is 28.8. The molecular formula is C19H24NO5P. The number of aryl methyl sites for hydroxylation is 1. The Kier molecular flexibility index (Phi) is 7.12. The minimum atomic E-state index is -3.95. The van der Waals surface area contributed by atoms with Crippen molar-refractivity contribution in [1.82, 2.24) is 0 Å². The van der Waals surface area contributed by atoms with Crippen LogP contribution in [0.15, 0.2) is 48.5 Å². The van der Waals surface area contributed by atoms with Gasteiger partial charge < -0.3 is 20.6 Å². The number of benzene rings is 2. The van der Waals surface area contributed by atoms with Crippen molar-refractivity contribution >= 4 is 13.6 Å². The monoisotopic (exact) mass is 377 g/mol. The van der Waals surface area contributed by atoms with Crippen molar-refractivity contribution in [2.45, 2.75) is 31.7 Å². The Morgan fingerprint density at radius 2 is 1.81 bits per heavy atom. The highest BCUT2D eigenvalue weighted by atomic mass is 31.2. The zero-order chi connectivity index (χ0) is 19.2. The Morgan fingerprint density at radius 3 is 2.50 bits per heavy atom. The molecule has 0 aliphatic carbocycles. The molecule has 0 heterocycles. The maximum atomic E-state index is 10.9. The number of carboxylic acid groups (broad SMARTS) is 1. The lowest BCUT2D eigenvalue weighted by Crippen LogP contribution is -2.32. The predicted molar refractivity (Wildman–Crippen MR) is 101 cm³/mol. The van der Waals surface area contributed by atoms with Crippen LogP contribution in [0.1, 0.15) is 24.0 Å². The smallest absolute Gasteiger partial charge is 0.325 e. The summed E-state index contributed by atoms with van der Waals surface area (Å²) in [6, 6.07) is 14.6. The molecule has 0 radical (unpaired) electrons. The molecule has 2 rings (SSSR count). The summed E-state index contributed by atoms with van der Waals surface area (Å²) in [5, 5.41) is 8.97. The van der Waals surface area contributed by atoms with Crippen LogP contribution >= 0.6 is 7.60 Å². The van der Waals surface area contributed by atoms with Crippen molar-refractivity contribution < 1.29 is 24.3 Å². The maximum absolute atomic E-state index is 10.9. The van der Waals surface area contributed by atoms with Gasteiger partial charge in [-0.3, -0.25) is 9.36 Å². The first kappa shape index (κ1) is 20.3. The molecule has 7 heteroatoms. The highest BCUT2D eigenvalue weighted by molar-refractivity contribution is 7.51. The summed E-state index contributed by atoms with van der Waals surface area (Å²) in [5.74, 6) is -1.03. The quantitative estimate of drug-likeness (QED) is 0.394. The summed E-state index contributed by atoms with van der Waals surface area (Å²) in [7, 11) is -3.95. The summed E-state index contributed by atoms with van der Waals surface area (Å²) in [5.41, 5.74) is 9.58. The van der Waals surface area contributed by atoms with Crippen molar-refractivity contribution in [3.8, 4) is 11.1 Å². The molecule has 0 spiro atoms. The first-order valence-corrected chi connectivity index (χ1v) is 10.3. The van der Waals surface area contributed by atoms with Crippen molar-refractivity contribution in [2.75, 3.05) is 6.16 Å². The molecule has 0 aromatic heterocycles. The normalized spacial score (nSPS) is 12.7. The zero-order valence-electron chi connectivity index (χ0n) is 14.4. The van der Waals surface area contributed by atoms with Gasteiger partial charge in [0, 0.05) is 6.16 Å². The largest absolute Gasteiger partial charge is 0.480 e. The van der Waals surface area contributed by atoms with Crippen LogP contribution < -0.4 is 5.73 Å². The zero-order valence-corrected chi connectivity index (χ0v) is 15.3. The first-order chi connectivity index (χ1) is 12.3. The van der Waals surface area contributed by atoms with Gasteiger partial charge in [0.1, 0.15) is 6.04 Å². The van der Waals surface area contributed by atoms with Crippen LogP contribution in [0.2, 0.25) is 0 Å². The average Bonchev–Trinajstić information content (AvgIpc) is 2.58. The van der Waals surface area contributed by atoms with Gasteiger partial charge in [-0.05, 0) is 47.9 Å². The Balaban J connectivity index is 2.13. The molecule has 0 saturated carbocycles. The van der Waals surface area contributed by atoms with E-state index in [4.69, 9.17) is 20.6 Å². The standard InChI is InChI=1S/C19H24NO5P/c20-18(19(21)22)13-14-6-5-9-16(12-14)17-10-2-1-7-15(17)8-3-4-11-26(23,24)25/h1-2,5-7,9-10,12,18H,3-4,8,11,13,20H2,(H,21,22)(H2,23,24,25). The molecule has 0 fully saturated rings. The predicted octanol–water partition coefficient (Wildman–Crippen LogP) is 2.81. The van der Waals surface area contributed by atoms with Crippen LogP contribution in [0.4, 0.5) is 0 Å². The summed E-state index contributed by atoms with van der Waals surface area (Å²) < 4.78 is 10.9. The number of aliphatic carboxylic acids is 1. The fourth-order valence-electron chi connectivity index (χ4n) is 2.86. The van der Waals surface area contributed by atoms with E-state index in [0.29, 0.717) is 12.8 Å². The van der Waals surface area contributed by atoms with Crippen LogP contribution in [0.25, 0.3) is 11.1 Å². The Hall–Kier alpha value is -1.98. The number of carbonyl (C=O) groups is 1. The SMILES string of the molecule is NC(Cc1cccc(-c2ccccc2CCCCP(=O)(O)O)c1)C(=O)O. The molecule has 6 nitrogen and oxygen atoms in total. The molecule has 1 atom stereocenters. The van der Waals surface area contributed by atoms with E-state index in [1.807, 2.05) is 48.5 Å². The molecule has 1 unspecified atom stereocenters. The molecule has 0 saturated heterocycles. The van der Waals surface area contributed by atoms with E-state index in [1.165, 1.54) is 0 Å². The maximum Gasteiger partial charge on any atom is 0.325 e. The first-order valence-electron chi connectivity index (χ1n) is 8.46. The second-order valence-corrected chi connectivity index (χ2v) is 8.13. The molecule has 0 amide bonds. The van der Waals surface area contributed by atoms with E-state index in [2.05, 4.69) is 0 Å². The second-order valence-electron chi connectivity index (χ2n) is 6.35. The van der Waals surface area contributed by atoms with Crippen molar-refractivity contribution in [3.63, 3.8) is 0 Å². The Labute approximate surface area is 152 Å². The molecule has 0 aliphatic heterocycles. The van der Waals surface area contributed by atoms with Gasteiger partial charge in [0.2, 0.25) is 0 Å². The molecule has 2 aromatic carbocycles. The van der Waals surface area contributed by atoms with Crippen LogP contribution in [0.5, 0.6) is 0 Å². The van der Waals surface area contributed by atoms with E-state index < -0.39 is 19.6 Å². The van der Waals surface area contributed by atoms with Crippen LogP contribution in [-0.4, -0.2) is 33.1 Å². The lowest BCUT2D eigenvalue weighted by atomic mass is 9.94. The van der Waals surface area contributed by atoms with E-state index in [-0.39, 0.29) is 12.6 Å². The number of hydrogen-bond acceptors (Lipinski definition) is 3. The van der Waals surface area contributed by atoms with E-state index in [1.54, 1.807) is 0 Å². The highest BCUT2D eigenvalue weighted by Gasteiger charge is 2.14. The number of unbranched alkanes of at least 4 members (excludes halogenated alkanes) is 1. The molecule has 2 aromatic rings. The molecular weight excluding hydrogens is 353 g/mol. The van der Waals surface area contributed by atoms with Crippen LogP contribution in [0.3, 0.4) is 0 Å². The Morgan fingerprint density at radius 1 is 1.08 bits per heavy atom. The lowest BCUT2D eigenvalue weighted by molar-refractivity contribution is -0.138. The second kappa shape index (κ2) is 9.10. The van der Waals surface area contributed by atoms with Gasteiger partial charge >= 0.3 is 13.6 Å². The number of nitrogens with two attached hydrogens (primary N) is 1. The van der Waals surface area contributed by atoms with Crippen molar-refractivity contribution in [2.24, 2.45) is 5.73 Å². The third-order valence-corrected chi connectivity index (χ3v) is 5.07. The van der Waals surface area contributed by atoms with E-state index in [0.717, 1.165) is 28.7 Å². The molecule has 5 N–H and O–H groups in total. The average molecular weight is 377 g/mol. The third kappa shape index (κ3) is 6.39. The van der Waals surface area contributed by atoms with Crippen LogP contribution in [-0.2, 0) is 22.2 Å². The van der Waals surface area contributed by atoms with Gasteiger partial charge in [-0.15, -0.1) is 0 Å². The van der Waals surface area contributed by atoms with Crippen molar-refractivity contribution in [3.05, 3.63) is 59.7 Å². The topological polar surface area (TPSA) is 121 Å². The van der Waals surface area contributed by atoms with Gasteiger partial charge in [0.25, 0.3) is 0 Å². The molecule has 140 valence electrons. The van der Waals surface area contributed by atoms with E-state index in [9.17, 15) is 9.36 Å². The number of hydrogen-bond donors (Lipinski definition) is 4. The minimum Gasteiger partial charge on any atom is -0.480 e. The summed E-state index contributed by atoms with van der Waals surface area (Å²) in [6.07, 6.45) is 2.03. The molecule has 26 heavy (non-hydrogen) atoms.